The van der Waals surface area contributed by atoms with Crippen LogP contribution in [0.25, 0.3) is 0 Å². The molecule has 1 aromatic heterocycles. The van der Waals surface area contributed by atoms with E-state index in [1.807, 2.05) is 6.92 Å². The second-order valence-electron chi connectivity index (χ2n) is 4.01. The topological polar surface area (TPSA) is 77.6 Å². The molecule has 0 aliphatic carbocycles. The van der Waals surface area contributed by atoms with Crippen molar-refractivity contribution in [1.82, 2.24) is 10.1 Å². The Labute approximate surface area is 124 Å². The molecule has 108 valence electrons. The Hall–Kier alpha value is -1.60. The van der Waals surface area contributed by atoms with Crippen LogP contribution in [0.5, 0.6) is 11.5 Å². The first-order chi connectivity index (χ1) is 9.67. The molecule has 0 atom stereocenters. The molecule has 0 bridgehead atoms. The molecule has 0 saturated heterocycles. The first-order valence-corrected chi connectivity index (χ1v) is 6.88. The summed E-state index contributed by atoms with van der Waals surface area (Å²) >= 11 is 3.39. The van der Waals surface area contributed by atoms with Gasteiger partial charge in [0, 0.05) is 6.42 Å². The maximum atomic E-state index is 9.16. The fraction of sp³-hybridized carbons (Fsp3) is 0.385. The Morgan fingerprint density at radius 1 is 1.40 bits per heavy atom. The highest BCUT2D eigenvalue weighted by atomic mass is 79.9. The first-order valence-electron chi connectivity index (χ1n) is 6.09. The summed E-state index contributed by atoms with van der Waals surface area (Å²) in [4.78, 5) is 4.16. The quantitative estimate of drug-likeness (QED) is 0.868. The van der Waals surface area contributed by atoms with Crippen LogP contribution in [-0.4, -0.2) is 22.4 Å². The van der Waals surface area contributed by atoms with Gasteiger partial charge in [0.05, 0.1) is 18.2 Å². The van der Waals surface area contributed by atoms with Crippen molar-refractivity contribution in [2.75, 3.05) is 7.11 Å². The number of hydrogen-bond acceptors (Lipinski definition) is 6. The number of aryl methyl sites for hydroxylation is 1. The van der Waals surface area contributed by atoms with Crippen LogP contribution >= 0.6 is 15.9 Å². The van der Waals surface area contributed by atoms with Crippen LogP contribution in [0.15, 0.2) is 21.1 Å². The van der Waals surface area contributed by atoms with Crippen molar-refractivity contribution in [2.24, 2.45) is 0 Å². The lowest BCUT2D eigenvalue weighted by Crippen LogP contribution is -2.01. The van der Waals surface area contributed by atoms with Gasteiger partial charge in [-0.1, -0.05) is 12.1 Å². The van der Waals surface area contributed by atoms with Gasteiger partial charge in [-0.05, 0) is 33.6 Å². The van der Waals surface area contributed by atoms with E-state index in [9.17, 15) is 0 Å². The lowest BCUT2D eigenvalue weighted by Gasteiger charge is -2.12. The van der Waals surface area contributed by atoms with Gasteiger partial charge in [0.1, 0.15) is 0 Å². The van der Waals surface area contributed by atoms with Gasteiger partial charge in [-0.2, -0.15) is 4.98 Å². The maximum absolute atomic E-state index is 9.16. The van der Waals surface area contributed by atoms with E-state index in [0.29, 0.717) is 34.1 Å². The summed E-state index contributed by atoms with van der Waals surface area (Å²) in [7, 11) is 1.54. The number of methoxy groups -OCH3 is 1. The summed E-state index contributed by atoms with van der Waals surface area (Å²) in [6.07, 6.45) is 0.686. The van der Waals surface area contributed by atoms with Crippen molar-refractivity contribution < 1.29 is 19.1 Å². The maximum Gasteiger partial charge on any atom is 0.226 e. The second-order valence-corrected chi connectivity index (χ2v) is 4.87. The summed E-state index contributed by atoms with van der Waals surface area (Å²) in [6, 6.07) is 3.49. The number of hydrogen-bond donors (Lipinski definition) is 1. The molecule has 2 aromatic rings. The van der Waals surface area contributed by atoms with Gasteiger partial charge in [-0.3, -0.25) is 0 Å². The van der Waals surface area contributed by atoms with E-state index in [1.165, 1.54) is 0 Å². The van der Waals surface area contributed by atoms with E-state index in [2.05, 4.69) is 26.1 Å². The largest absolute Gasteiger partial charge is 0.493 e. The smallest absolute Gasteiger partial charge is 0.226 e. The number of aromatic nitrogens is 2. The highest BCUT2D eigenvalue weighted by Crippen LogP contribution is 2.37. The summed E-state index contributed by atoms with van der Waals surface area (Å²) in [6.45, 7) is 2.04. The summed E-state index contributed by atoms with van der Waals surface area (Å²) in [5, 5.41) is 13.0. The first kappa shape index (κ1) is 14.8. The van der Waals surface area contributed by atoms with Gasteiger partial charge in [0.25, 0.3) is 0 Å². The lowest BCUT2D eigenvalue weighted by molar-refractivity contribution is 0.263. The van der Waals surface area contributed by atoms with Crippen LogP contribution in [0, 0.1) is 0 Å². The van der Waals surface area contributed by atoms with Crippen molar-refractivity contribution in [2.45, 2.75) is 26.6 Å². The fourth-order valence-corrected chi connectivity index (χ4v) is 2.24. The molecule has 7 heteroatoms. The van der Waals surface area contributed by atoms with Gasteiger partial charge >= 0.3 is 0 Å². The minimum absolute atomic E-state index is 0.0695. The molecular formula is C13H15BrN2O4. The average Bonchev–Trinajstić information content (AvgIpc) is 2.93. The van der Waals surface area contributed by atoms with Crippen LogP contribution in [0.3, 0.4) is 0 Å². The number of halogens is 1. The van der Waals surface area contributed by atoms with E-state index >= 15 is 0 Å². The molecule has 2 rings (SSSR count). The van der Waals surface area contributed by atoms with Gasteiger partial charge in [-0.15, -0.1) is 0 Å². The van der Waals surface area contributed by atoms with E-state index in [1.54, 1.807) is 19.2 Å². The number of aliphatic hydroxyl groups is 1. The minimum atomic E-state index is -0.0695. The molecule has 0 aliphatic heterocycles. The van der Waals surface area contributed by atoms with Crippen LogP contribution in [0.2, 0.25) is 0 Å². The third-order valence-corrected chi connectivity index (χ3v) is 3.22. The molecule has 1 heterocycles. The summed E-state index contributed by atoms with van der Waals surface area (Å²) in [5.74, 6) is 2.11. The molecule has 1 aromatic carbocycles. The second kappa shape index (κ2) is 6.71. The zero-order chi connectivity index (χ0) is 14.5. The van der Waals surface area contributed by atoms with Crippen molar-refractivity contribution in [3.63, 3.8) is 0 Å². The minimum Gasteiger partial charge on any atom is -0.493 e. The molecule has 1 N–H and O–H groups in total. The van der Waals surface area contributed by atoms with Crippen LogP contribution in [0.4, 0.5) is 0 Å². The number of nitrogens with zero attached hydrogens (tertiary/aromatic N) is 2. The molecule has 0 amide bonds. The number of rotatable bonds is 6. The predicted molar refractivity (Wildman–Crippen MR) is 74.6 cm³/mol. The molecule has 0 fully saturated rings. The molecule has 0 saturated carbocycles. The lowest BCUT2D eigenvalue weighted by atomic mass is 10.2. The van der Waals surface area contributed by atoms with Crippen LogP contribution in [0.1, 0.15) is 24.2 Å². The van der Waals surface area contributed by atoms with Crippen molar-refractivity contribution in [3.8, 4) is 11.5 Å². The van der Waals surface area contributed by atoms with Crippen LogP contribution < -0.4 is 9.47 Å². The Bertz CT molecular complexity index is 586. The van der Waals surface area contributed by atoms with Crippen molar-refractivity contribution in [3.05, 3.63) is 33.9 Å². The van der Waals surface area contributed by atoms with E-state index in [-0.39, 0.29) is 13.2 Å². The zero-order valence-corrected chi connectivity index (χ0v) is 12.8. The van der Waals surface area contributed by atoms with Gasteiger partial charge in [-0.25, -0.2) is 0 Å². The molecule has 20 heavy (non-hydrogen) atoms. The number of benzene rings is 1. The number of ether oxygens (including phenoxy) is 2. The summed E-state index contributed by atoms with van der Waals surface area (Å²) in [5.41, 5.74) is 0.730. The Kier molecular flexibility index (Phi) is 4.97. The fourth-order valence-electron chi connectivity index (χ4n) is 1.63. The predicted octanol–water partition coefficient (Wildman–Crippen LogP) is 2.47. The van der Waals surface area contributed by atoms with E-state index in [0.717, 1.165) is 5.56 Å². The summed E-state index contributed by atoms with van der Waals surface area (Å²) < 4.78 is 16.6. The Morgan fingerprint density at radius 3 is 2.80 bits per heavy atom. The number of aliphatic hydroxyl groups excluding tert-OH is 1. The molecule has 0 radical (unpaired) electrons. The molecule has 0 aliphatic rings. The highest BCUT2D eigenvalue weighted by Gasteiger charge is 2.13. The molecule has 6 nitrogen and oxygen atoms in total. The average molecular weight is 343 g/mol. The van der Waals surface area contributed by atoms with Crippen LogP contribution in [-0.2, 0) is 19.6 Å². The van der Waals surface area contributed by atoms with Crippen molar-refractivity contribution >= 4 is 15.9 Å². The molecule has 0 spiro atoms. The monoisotopic (exact) mass is 342 g/mol. The standard InChI is InChI=1S/C13H15BrN2O4/c1-3-12-15-11(16-20-12)7-19-13-9(14)4-8(6-17)5-10(13)18-2/h4-5,17H,3,6-7H2,1-2H3. The Morgan fingerprint density at radius 2 is 2.20 bits per heavy atom. The third kappa shape index (κ3) is 3.29. The van der Waals surface area contributed by atoms with E-state index in [4.69, 9.17) is 19.1 Å². The molecular weight excluding hydrogens is 328 g/mol. The molecule has 0 unspecified atom stereocenters. The normalized spacial score (nSPS) is 10.6. The Balaban J connectivity index is 2.16. The van der Waals surface area contributed by atoms with Gasteiger partial charge in [0.15, 0.2) is 18.1 Å². The van der Waals surface area contributed by atoms with Gasteiger partial charge < -0.3 is 19.1 Å². The van der Waals surface area contributed by atoms with E-state index < -0.39 is 0 Å². The highest BCUT2D eigenvalue weighted by molar-refractivity contribution is 9.10. The van der Waals surface area contributed by atoms with Crippen molar-refractivity contribution in [1.29, 1.82) is 0 Å². The zero-order valence-electron chi connectivity index (χ0n) is 11.2. The third-order valence-electron chi connectivity index (χ3n) is 2.63. The SMILES string of the molecule is CCc1nc(COc2c(Br)cc(CO)cc2OC)no1. The van der Waals surface area contributed by atoms with Gasteiger partial charge in [0.2, 0.25) is 11.7 Å².